The first-order valence-corrected chi connectivity index (χ1v) is 11.0. The van der Waals surface area contributed by atoms with Crippen molar-refractivity contribution in [3.05, 3.63) is 82.7 Å². The van der Waals surface area contributed by atoms with E-state index in [2.05, 4.69) is 9.57 Å². The Morgan fingerprint density at radius 1 is 0.974 bits per heavy atom. The van der Waals surface area contributed by atoms with Crippen molar-refractivity contribution < 1.29 is 60.2 Å². The third-order valence-electron chi connectivity index (χ3n) is 5.37. The van der Waals surface area contributed by atoms with Crippen molar-refractivity contribution in [2.24, 2.45) is 0 Å². The van der Waals surface area contributed by atoms with Crippen molar-refractivity contribution in [2.75, 3.05) is 13.7 Å². The largest absolute Gasteiger partial charge is 0.466 e. The summed E-state index contributed by atoms with van der Waals surface area (Å²) in [5.41, 5.74) is 0.114. The van der Waals surface area contributed by atoms with Gasteiger partial charge < -0.3 is 19.0 Å². The van der Waals surface area contributed by atoms with E-state index >= 15 is 0 Å². The van der Waals surface area contributed by atoms with Crippen molar-refractivity contribution in [3.63, 3.8) is 0 Å². The highest BCUT2D eigenvalue weighted by molar-refractivity contribution is 5.90. The lowest BCUT2D eigenvalue weighted by Crippen LogP contribution is -2.41. The van der Waals surface area contributed by atoms with Gasteiger partial charge in [0.2, 0.25) is 5.82 Å². The van der Waals surface area contributed by atoms with Crippen molar-refractivity contribution >= 4 is 24.1 Å². The molecule has 1 saturated heterocycles. The van der Waals surface area contributed by atoms with Gasteiger partial charge in [-0.05, 0) is 5.56 Å². The summed E-state index contributed by atoms with van der Waals surface area (Å²) in [6, 6.07) is 7.62. The van der Waals surface area contributed by atoms with Gasteiger partial charge in [-0.25, -0.2) is 41.1 Å². The summed E-state index contributed by atoms with van der Waals surface area (Å²) >= 11 is 0. The molecule has 10 nitrogen and oxygen atoms in total. The number of halogens is 5. The Balaban J connectivity index is 1.66. The molecule has 2 amide bonds. The first-order chi connectivity index (χ1) is 18.5. The zero-order chi connectivity index (χ0) is 28.7. The number of hydrogen-bond acceptors (Lipinski definition) is 8. The lowest BCUT2D eigenvalue weighted by molar-refractivity contribution is -0.134. The molecule has 1 heterocycles. The van der Waals surface area contributed by atoms with Gasteiger partial charge in [0, 0.05) is 19.0 Å². The molecule has 2 atom stereocenters. The van der Waals surface area contributed by atoms with Crippen LogP contribution in [0.4, 0.5) is 31.5 Å². The van der Waals surface area contributed by atoms with E-state index in [1.54, 1.807) is 30.3 Å². The molecule has 3 rings (SSSR count). The highest BCUT2D eigenvalue weighted by Gasteiger charge is 2.39. The summed E-state index contributed by atoms with van der Waals surface area (Å²) in [4.78, 5) is 53.5. The Hall–Kier alpha value is -4.69. The number of methoxy groups -OCH3 is 1. The molecule has 0 bridgehead atoms. The van der Waals surface area contributed by atoms with Crippen molar-refractivity contribution in [3.8, 4) is 0 Å². The minimum atomic E-state index is -2.49. The third-order valence-corrected chi connectivity index (χ3v) is 5.37. The minimum absolute atomic E-state index is 0.00784. The normalized spacial score (nSPS) is 16.6. The van der Waals surface area contributed by atoms with E-state index in [0.717, 1.165) is 18.1 Å². The van der Waals surface area contributed by atoms with Crippen LogP contribution in [0.15, 0.2) is 42.5 Å². The number of ether oxygens (including phenoxy) is 3. The van der Waals surface area contributed by atoms with Gasteiger partial charge in [0.15, 0.2) is 23.3 Å². The first-order valence-electron chi connectivity index (χ1n) is 11.0. The van der Waals surface area contributed by atoms with Gasteiger partial charge in [-0.2, -0.15) is 0 Å². The van der Waals surface area contributed by atoms with Crippen LogP contribution in [0, 0.1) is 29.1 Å². The smallest absolute Gasteiger partial charge is 0.441 e. The molecule has 1 aliphatic rings. The molecule has 0 aromatic heterocycles. The Kier molecular flexibility index (Phi) is 9.41. The molecular weight excluding hydrogens is 539 g/mol. The number of carbonyl (C=O) groups excluding carboxylic acids is 4. The molecule has 0 unspecified atom stereocenters. The topological polar surface area (TPSA) is 120 Å². The number of amides is 2. The summed E-state index contributed by atoms with van der Waals surface area (Å²) in [5.74, 6) is -15.1. The third kappa shape index (κ3) is 6.80. The monoisotopic (exact) mass is 558 g/mol. The average Bonchev–Trinajstić information content (AvgIpc) is 3.33. The molecule has 2 aromatic carbocycles. The molecule has 0 spiro atoms. The molecule has 0 saturated carbocycles. The molecule has 0 aliphatic carbocycles. The van der Waals surface area contributed by atoms with E-state index < -0.39 is 70.9 Å². The summed E-state index contributed by atoms with van der Waals surface area (Å²) in [6.07, 6.45) is -1.32. The Morgan fingerprint density at radius 3 is 2.21 bits per heavy atom. The van der Waals surface area contributed by atoms with Crippen LogP contribution in [0.2, 0.25) is 0 Å². The fourth-order valence-corrected chi connectivity index (χ4v) is 3.49. The van der Waals surface area contributed by atoms with Crippen molar-refractivity contribution in [1.29, 1.82) is 0 Å². The van der Waals surface area contributed by atoms with Gasteiger partial charge in [-0.15, -0.1) is 5.48 Å². The fraction of sp³-hybridized carbons (Fsp3) is 0.250. The van der Waals surface area contributed by atoms with Crippen LogP contribution in [0.25, 0.3) is 0 Å². The average molecular weight is 558 g/mol. The van der Waals surface area contributed by atoms with Crippen molar-refractivity contribution in [2.45, 2.75) is 25.2 Å². The Morgan fingerprint density at radius 2 is 1.59 bits per heavy atom. The van der Waals surface area contributed by atoms with Gasteiger partial charge >= 0.3 is 24.1 Å². The van der Waals surface area contributed by atoms with E-state index in [4.69, 9.17) is 9.47 Å². The van der Waals surface area contributed by atoms with Gasteiger partial charge in [0.25, 0.3) is 0 Å². The SMILES string of the molecule is COC(=O)/C=C/[C@H]1[C@@H](OC(=O)NOC(=O)c2c(F)c(F)c(F)c(F)c2F)CCN1C(=O)OCc1ccccc1. The molecule has 39 heavy (non-hydrogen) atoms. The molecule has 15 heteroatoms. The van der Waals surface area contributed by atoms with Crippen molar-refractivity contribution in [1.82, 2.24) is 10.4 Å². The predicted molar refractivity (Wildman–Crippen MR) is 118 cm³/mol. The predicted octanol–water partition coefficient (Wildman–Crippen LogP) is 3.69. The molecular formula is C24H19F5N2O8. The van der Waals surface area contributed by atoms with Crippen LogP contribution in [0.1, 0.15) is 22.3 Å². The number of esters is 1. The van der Waals surface area contributed by atoms with E-state index in [-0.39, 0.29) is 19.6 Å². The van der Waals surface area contributed by atoms with Crippen LogP contribution < -0.4 is 5.48 Å². The zero-order valence-corrected chi connectivity index (χ0v) is 19.9. The second kappa shape index (κ2) is 12.7. The molecule has 0 radical (unpaired) electrons. The van der Waals surface area contributed by atoms with Crippen LogP contribution >= 0.6 is 0 Å². The maximum Gasteiger partial charge on any atom is 0.441 e. The van der Waals surface area contributed by atoms with E-state index in [1.807, 2.05) is 0 Å². The highest BCUT2D eigenvalue weighted by atomic mass is 19.2. The lowest BCUT2D eigenvalue weighted by atomic mass is 10.1. The highest BCUT2D eigenvalue weighted by Crippen LogP contribution is 2.25. The number of hydrogen-bond donors (Lipinski definition) is 1. The van der Waals surface area contributed by atoms with Crippen LogP contribution in [0.3, 0.4) is 0 Å². The molecule has 2 aromatic rings. The number of nitrogens with zero attached hydrogens (tertiary/aromatic N) is 1. The Labute approximate surface area is 216 Å². The number of benzene rings is 2. The Bertz CT molecular complexity index is 1260. The molecule has 1 N–H and O–H groups in total. The summed E-state index contributed by atoms with van der Waals surface area (Å²) in [7, 11) is 1.10. The zero-order valence-electron chi connectivity index (χ0n) is 19.9. The summed E-state index contributed by atoms with van der Waals surface area (Å²) in [5, 5.41) is 0. The number of carbonyl (C=O) groups is 4. The lowest BCUT2D eigenvalue weighted by Gasteiger charge is -2.24. The fourth-order valence-electron chi connectivity index (χ4n) is 3.49. The van der Waals surface area contributed by atoms with E-state index in [1.165, 1.54) is 11.6 Å². The second-order valence-corrected chi connectivity index (χ2v) is 7.78. The maximum absolute atomic E-state index is 13.8. The van der Waals surface area contributed by atoms with E-state index in [0.29, 0.717) is 5.56 Å². The van der Waals surface area contributed by atoms with Gasteiger partial charge in [-0.3, -0.25) is 4.90 Å². The van der Waals surface area contributed by atoms with Gasteiger partial charge in [0.05, 0.1) is 13.2 Å². The number of hydroxylamine groups is 1. The minimum Gasteiger partial charge on any atom is -0.466 e. The molecule has 1 aliphatic heterocycles. The van der Waals surface area contributed by atoms with Gasteiger partial charge in [-0.1, -0.05) is 36.4 Å². The second-order valence-electron chi connectivity index (χ2n) is 7.78. The summed E-state index contributed by atoms with van der Waals surface area (Å²) in [6.45, 7) is -0.0879. The number of likely N-dealkylation sites (tertiary alicyclic amines) is 1. The van der Waals surface area contributed by atoms with E-state index in [9.17, 15) is 41.1 Å². The molecule has 208 valence electrons. The van der Waals surface area contributed by atoms with Gasteiger partial charge in [0.1, 0.15) is 18.3 Å². The number of rotatable bonds is 6. The van der Waals surface area contributed by atoms with Crippen LogP contribution in [0.5, 0.6) is 0 Å². The number of nitrogens with one attached hydrogen (secondary N) is 1. The maximum atomic E-state index is 13.8. The first kappa shape index (κ1) is 28.9. The molecule has 1 fully saturated rings. The quantitative estimate of drug-likeness (QED) is 0.108. The van der Waals surface area contributed by atoms with Crippen LogP contribution in [-0.4, -0.2) is 54.8 Å². The standard InChI is InChI=1S/C24H19F5N2O8/c1-36-15(32)8-7-13-14(9-10-31(13)24(35)37-11-12-5-3-2-4-6-12)38-23(34)30-39-22(33)16-17(25)19(27)21(29)20(28)18(16)26/h2-8,13-14H,9-11H2,1H3,(H,30,34)/b8-7+/t13-,14-/m0/s1. The van der Waals surface area contributed by atoms with Crippen LogP contribution in [-0.2, 0) is 30.4 Å². The summed E-state index contributed by atoms with van der Waals surface area (Å²) < 4.78 is 82.2.